The lowest BCUT2D eigenvalue weighted by Gasteiger charge is -2.07. The summed E-state index contributed by atoms with van der Waals surface area (Å²) in [5.41, 5.74) is 1.08. The maximum absolute atomic E-state index is 12.0. The summed E-state index contributed by atoms with van der Waals surface area (Å²) in [5.74, 6) is 0.190. The van der Waals surface area contributed by atoms with Gasteiger partial charge in [0.1, 0.15) is 5.82 Å². The second-order valence-electron chi connectivity index (χ2n) is 4.77. The number of nitrogens with zero attached hydrogens (tertiary/aromatic N) is 2. The molecule has 22 heavy (non-hydrogen) atoms. The first-order chi connectivity index (χ1) is 10.7. The van der Waals surface area contributed by atoms with Crippen LogP contribution in [0.4, 0.5) is 11.5 Å². The standard InChI is InChI=1S/C16H18N4O2/c1-2-3-4-15(21)20-14-6-5-13(11-18-14)19-16(22)12-7-9-17-10-8-12/h5-11H,2-4H2,1H3,(H,19,22)(H,18,20,21). The molecular weight excluding hydrogens is 280 g/mol. The number of aromatic nitrogens is 2. The third-order valence-electron chi connectivity index (χ3n) is 2.99. The van der Waals surface area contributed by atoms with Crippen molar-refractivity contribution in [3.63, 3.8) is 0 Å². The van der Waals surface area contributed by atoms with Crippen LogP contribution in [0, 0.1) is 0 Å². The number of hydrogen-bond donors (Lipinski definition) is 2. The van der Waals surface area contributed by atoms with E-state index in [1.165, 1.54) is 6.20 Å². The van der Waals surface area contributed by atoms with Crippen molar-refractivity contribution in [1.29, 1.82) is 0 Å². The number of unbranched alkanes of at least 4 members (excludes halogenated alkanes) is 1. The van der Waals surface area contributed by atoms with Gasteiger partial charge in [-0.15, -0.1) is 0 Å². The Bertz CT molecular complexity index is 626. The highest BCUT2D eigenvalue weighted by Crippen LogP contribution is 2.11. The van der Waals surface area contributed by atoms with Crippen molar-refractivity contribution < 1.29 is 9.59 Å². The van der Waals surface area contributed by atoms with Crippen LogP contribution < -0.4 is 10.6 Å². The Morgan fingerprint density at radius 3 is 2.50 bits per heavy atom. The average molecular weight is 298 g/mol. The van der Waals surface area contributed by atoms with Gasteiger partial charge in [0.2, 0.25) is 5.91 Å². The lowest BCUT2D eigenvalue weighted by atomic mass is 10.2. The monoisotopic (exact) mass is 298 g/mol. The van der Waals surface area contributed by atoms with Crippen molar-refractivity contribution in [3.05, 3.63) is 48.4 Å². The maximum atomic E-state index is 12.0. The van der Waals surface area contributed by atoms with Crippen LogP contribution in [0.2, 0.25) is 0 Å². The van der Waals surface area contributed by atoms with Gasteiger partial charge >= 0.3 is 0 Å². The van der Waals surface area contributed by atoms with Gasteiger partial charge in [-0.25, -0.2) is 4.98 Å². The van der Waals surface area contributed by atoms with E-state index in [1.807, 2.05) is 6.92 Å². The fourth-order valence-electron chi connectivity index (χ4n) is 1.79. The van der Waals surface area contributed by atoms with Crippen molar-refractivity contribution in [2.45, 2.75) is 26.2 Å². The summed E-state index contributed by atoms with van der Waals surface area (Å²) in [6.07, 6.45) is 6.93. The van der Waals surface area contributed by atoms with E-state index in [9.17, 15) is 9.59 Å². The van der Waals surface area contributed by atoms with Crippen LogP contribution in [-0.4, -0.2) is 21.8 Å². The van der Waals surface area contributed by atoms with Crippen LogP contribution in [0.5, 0.6) is 0 Å². The van der Waals surface area contributed by atoms with Gasteiger partial charge in [-0.2, -0.15) is 0 Å². The van der Waals surface area contributed by atoms with Gasteiger partial charge < -0.3 is 10.6 Å². The summed E-state index contributed by atoms with van der Waals surface area (Å²) < 4.78 is 0. The summed E-state index contributed by atoms with van der Waals surface area (Å²) in [4.78, 5) is 31.5. The molecule has 6 heteroatoms. The normalized spacial score (nSPS) is 10.0. The molecule has 0 fully saturated rings. The maximum Gasteiger partial charge on any atom is 0.255 e. The Balaban J connectivity index is 1.92. The first kappa shape index (κ1) is 15.6. The third kappa shape index (κ3) is 4.66. The predicted octanol–water partition coefficient (Wildman–Crippen LogP) is 2.86. The zero-order valence-electron chi connectivity index (χ0n) is 12.4. The smallest absolute Gasteiger partial charge is 0.255 e. The van der Waals surface area contributed by atoms with Crippen LogP contribution in [0.3, 0.4) is 0 Å². The van der Waals surface area contributed by atoms with Gasteiger partial charge in [0.05, 0.1) is 11.9 Å². The number of anilines is 2. The van der Waals surface area contributed by atoms with Crippen molar-refractivity contribution in [1.82, 2.24) is 9.97 Å². The van der Waals surface area contributed by atoms with Crippen molar-refractivity contribution >= 4 is 23.3 Å². The predicted molar refractivity (Wildman–Crippen MR) is 84.6 cm³/mol. The number of rotatable bonds is 6. The minimum Gasteiger partial charge on any atom is -0.321 e. The summed E-state index contributed by atoms with van der Waals surface area (Å²) in [7, 11) is 0. The fraction of sp³-hybridized carbons (Fsp3) is 0.250. The Morgan fingerprint density at radius 1 is 1.09 bits per heavy atom. The van der Waals surface area contributed by atoms with Crippen molar-refractivity contribution in [2.24, 2.45) is 0 Å². The van der Waals surface area contributed by atoms with Crippen LogP contribution in [0.15, 0.2) is 42.9 Å². The number of hydrogen-bond acceptors (Lipinski definition) is 4. The molecular formula is C16H18N4O2. The molecule has 0 atom stereocenters. The summed E-state index contributed by atoms with van der Waals surface area (Å²) >= 11 is 0. The van der Waals surface area contributed by atoms with E-state index >= 15 is 0 Å². The molecule has 0 radical (unpaired) electrons. The highest BCUT2D eigenvalue weighted by molar-refractivity contribution is 6.04. The molecule has 0 aliphatic heterocycles. The SMILES string of the molecule is CCCCC(=O)Nc1ccc(NC(=O)c2ccncc2)cn1. The minimum absolute atomic E-state index is 0.0529. The van der Waals surface area contributed by atoms with Crippen LogP contribution in [0.25, 0.3) is 0 Å². The Morgan fingerprint density at radius 2 is 1.86 bits per heavy atom. The zero-order valence-corrected chi connectivity index (χ0v) is 12.4. The van der Waals surface area contributed by atoms with E-state index in [-0.39, 0.29) is 11.8 Å². The van der Waals surface area contributed by atoms with E-state index in [0.717, 1.165) is 12.8 Å². The number of amides is 2. The Hall–Kier alpha value is -2.76. The van der Waals surface area contributed by atoms with E-state index < -0.39 is 0 Å². The second-order valence-corrected chi connectivity index (χ2v) is 4.77. The molecule has 0 aromatic carbocycles. The van der Waals surface area contributed by atoms with Crippen LogP contribution in [-0.2, 0) is 4.79 Å². The molecule has 2 N–H and O–H groups in total. The first-order valence-corrected chi connectivity index (χ1v) is 7.16. The molecule has 6 nitrogen and oxygen atoms in total. The average Bonchev–Trinajstić information content (AvgIpc) is 2.55. The lowest BCUT2D eigenvalue weighted by Crippen LogP contribution is -2.14. The van der Waals surface area contributed by atoms with E-state index in [0.29, 0.717) is 23.5 Å². The molecule has 2 rings (SSSR count). The molecule has 2 aromatic rings. The summed E-state index contributed by atoms with van der Waals surface area (Å²) in [5, 5.41) is 5.45. The molecule has 0 aliphatic carbocycles. The van der Waals surface area contributed by atoms with Gasteiger partial charge in [0, 0.05) is 24.4 Å². The fourth-order valence-corrected chi connectivity index (χ4v) is 1.79. The lowest BCUT2D eigenvalue weighted by molar-refractivity contribution is -0.116. The van der Waals surface area contributed by atoms with Gasteiger partial charge in [0.25, 0.3) is 5.91 Å². The molecule has 0 bridgehead atoms. The highest BCUT2D eigenvalue weighted by Gasteiger charge is 2.06. The molecule has 0 saturated carbocycles. The molecule has 114 valence electrons. The number of carbonyl (C=O) groups is 2. The minimum atomic E-state index is -0.232. The molecule has 0 aliphatic rings. The highest BCUT2D eigenvalue weighted by atomic mass is 16.2. The molecule has 2 amide bonds. The van der Waals surface area contributed by atoms with Gasteiger partial charge in [-0.1, -0.05) is 13.3 Å². The molecule has 0 saturated heterocycles. The second kappa shape index (κ2) is 7.87. The number of nitrogens with one attached hydrogen (secondary N) is 2. The molecule has 2 aromatic heterocycles. The number of carbonyl (C=O) groups excluding carboxylic acids is 2. The quantitative estimate of drug-likeness (QED) is 0.859. The first-order valence-electron chi connectivity index (χ1n) is 7.16. The Kier molecular flexibility index (Phi) is 5.59. The van der Waals surface area contributed by atoms with Crippen molar-refractivity contribution in [3.8, 4) is 0 Å². The summed E-state index contributed by atoms with van der Waals surface area (Å²) in [6, 6.07) is 6.61. The zero-order chi connectivity index (χ0) is 15.8. The van der Waals surface area contributed by atoms with E-state index in [2.05, 4.69) is 20.6 Å². The van der Waals surface area contributed by atoms with Crippen LogP contribution in [0.1, 0.15) is 36.5 Å². The number of pyridine rings is 2. The molecule has 0 unspecified atom stereocenters. The van der Waals surface area contributed by atoms with Crippen LogP contribution >= 0.6 is 0 Å². The molecule has 2 heterocycles. The molecule has 0 spiro atoms. The third-order valence-corrected chi connectivity index (χ3v) is 2.99. The summed E-state index contributed by atoms with van der Waals surface area (Å²) in [6.45, 7) is 2.03. The van der Waals surface area contributed by atoms with Gasteiger partial charge in [0.15, 0.2) is 0 Å². The van der Waals surface area contributed by atoms with Gasteiger partial charge in [-0.3, -0.25) is 14.6 Å². The van der Waals surface area contributed by atoms with Crippen molar-refractivity contribution in [2.75, 3.05) is 10.6 Å². The Labute approximate surface area is 129 Å². The van der Waals surface area contributed by atoms with Gasteiger partial charge in [-0.05, 0) is 30.7 Å². The topological polar surface area (TPSA) is 84.0 Å². The van der Waals surface area contributed by atoms with E-state index in [4.69, 9.17) is 0 Å². The largest absolute Gasteiger partial charge is 0.321 e. The van der Waals surface area contributed by atoms with E-state index in [1.54, 1.807) is 36.7 Å².